The lowest BCUT2D eigenvalue weighted by molar-refractivity contribution is 0.567. The molecule has 2 rings (SSSR count). The van der Waals surface area contributed by atoms with E-state index in [1.807, 2.05) is 19.1 Å². The molecule has 0 spiro atoms. The Morgan fingerprint density at radius 1 is 1.32 bits per heavy atom. The van der Waals surface area contributed by atoms with Crippen molar-refractivity contribution in [3.05, 3.63) is 39.6 Å². The van der Waals surface area contributed by atoms with Crippen LogP contribution in [0, 0.1) is 6.92 Å². The Morgan fingerprint density at radius 3 is 2.47 bits per heavy atom. The molecular weight excluding hydrogens is 306 g/mol. The summed E-state index contributed by atoms with van der Waals surface area (Å²) < 4.78 is 26.8. The fourth-order valence-corrected chi connectivity index (χ4v) is 3.65. The molecule has 0 saturated carbocycles. The van der Waals surface area contributed by atoms with Crippen LogP contribution in [-0.4, -0.2) is 18.4 Å². The van der Waals surface area contributed by atoms with E-state index in [0.717, 1.165) is 9.75 Å². The van der Waals surface area contributed by atoms with E-state index in [0.29, 0.717) is 0 Å². The van der Waals surface area contributed by atoms with Gasteiger partial charge in [0.05, 0.1) is 18.4 Å². The zero-order valence-electron chi connectivity index (χ0n) is 10.3. The SMILES string of the molecule is Cc1ccc(C(C)NS(=O)(=O)c2cnc(Cl)nc2)s1. The minimum atomic E-state index is -3.64. The molecule has 0 aliphatic rings. The van der Waals surface area contributed by atoms with Crippen molar-refractivity contribution in [3.8, 4) is 0 Å². The Kier molecular flexibility index (Phi) is 4.19. The molecule has 8 heteroatoms. The lowest BCUT2D eigenvalue weighted by Gasteiger charge is -2.12. The number of aryl methyl sites for hydroxylation is 1. The summed E-state index contributed by atoms with van der Waals surface area (Å²) in [5.74, 6) is 0. The highest BCUT2D eigenvalue weighted by Gasteiger charge is 2.20. The first-order chi connectivity index (χ1) is 8.88. The van der Waals surface area contributed by atoms with E-state index in [1.54, 1.807) is 18.3 Å². The van der Waals surface area contributed by atoms with Crippen molar-refractivity contribution in [3.63, 3.8) is 0 Å². The van der Waals surface area contributed by atoms with Crippen LogP contribution in [-0.2, 0) is 10.0 Å². The fourth-order valence-electron chi connectivity index (χ4n) is 1.48. The second-order valence-electron chi connectivity index (χ2n) is 3.98. The third kappa shape index (κ3) is 3.50. The van der Waals surface area contributed by atoms with Crippen LogP contribution < -0.4 is 4.72 Å². The maximum atomic E-state index is 12.1. The van der Waals surface area contributed by atoms with Crippen LogP contribution in [0.25, 0.3) is 0 Å². The molecule has 0 aromatic carbocycles. The van der Waals surface area contributed by atoms with Gasteiger partial charge in [-0.2, -0.15) is 0 Å². The predicted octanol–water partition coefficient (Wildman–Crippen LogP) is 2.54. The Labute approximate surface area is 120 Å². The third-order valence-electron chi connectivity index (χ3n) is 2.43. The van der Waals surface area contributed by atoms with E-state index in [9.17, 15) is 8.42 Å². The quantitative estimate of drug-likeness (QED) is 0.880. The molecule has 0 aliphatic carbocycles. The van der Waals surface area contributed by atoms with Gasteiger partial charge in [-0.05, 0) is 37.6 Å². The molecule has 1 unspecified atom stereocenters. The third-order valence-corrected chi connectivity index (χ3v) is 5.30. The zero-order valence-corrected chi connectivity index (χ0v) is 12.7. The standard InChI is InChI=1S/C11H12ClN3O2S2/c1-7-3-4-10(18-7)8(2)15-19(16,17)9-5-13-11(12)14-6-9/h3-6,8,15H,1-2H3. The average molecular weight is 318 g/mol. The van der Waals surface area contributed by atoms with Crippen molar-refractivity contribution in [2.45, 2.75) is 24.8 Å². The number of nitrogens with one attached hydrogen (secondary N) is 1. The van der Waals surface area contributed by atoms with E-state index >= 15 is 0 Å². The molecule has 102 valence electrons. The van der Waals surface area contributed by atoms with E-state index in [2.05, 4.69) is 14.7 Å². The van der Waals surface area contributed by atoms with Gasteiger partial charge < -0.3 is 0 Å². The number of aromatic nitrogens is 2. The minimum Gasteiger partial charge on any atom is -0.225 e. The Bertz CT molecular complexity index is 668. The first-order valence-corrected chi connectivity index (χ1v) is 8.12. The van der Waals surface area contributed by atoms with Gasteiger partial charge >= 0.3 is 0 Å². The number of thiophene rings is 1. The summed E-state index contributed by atoms with van der Waals surface area (Å²) in [6.45, 7) is 3.77. The highest BCUT2D eigenvalue weighted by atomic mass is 35.5. The second-order valence-corrected chi connectivity index (χ2v) is 7.35. The summed E-state index contributed by atoms with van der Waals surface area (Å²) in [5.41, 5.74) is 0. The van der Waals surface area contributed by atoms with Gasteiger partial charge in [-0.15, -0.1) is 11.3 Å². The van der Waals surface area contributed by atoms with Gasteiger partial charge in [0.25, 0.3) is 0 Å². The van der Waals surface area contributed by atoms with Crippen molar-refractivity contribution in [1.29, 1.82) is 0 Å². The minimum absolute atomic E-state index is 0.00275. The van der Waals surface area contributed by atoms with Crippen LogP contribution in [0.3, 0.4) is 0 Å². The molecule has 19 heavy (non-hydrogen) atoms. The maximum Gasteiger partial charge on any atom is 0.244 e. The van der Waals surface area contributed by atoms with Crippen LogP contribution in [0.1, 0.15) is 22.7 Å². The summed E-state index contributed by atoms with van der Waals surface area (Å²) in [6, 6.07) is 3.56. The van der Waals surface area contributed by atoms with Crippen molar-refractivity contribution in [1.82, 2.24) is 14.7 Å². The van der Waals surface area contributed by atoms with Crippen LogP contribution in [0.5, 0.6) is 0 Å². The molecule has 0 radical (unpaired) electrons. The molecule has 5 nitrogen and oxygen atoms in total. The van der Waals surface area contributed by atoms with Crippen LogP contribution >= 0.6 is 22.9 Å². The number of hydrogen-bond acceptors (Lipinski definition) is 5. The van der Waals surface area contributed by atoms with Gasteiger partial charge in [-0.3, -0.25) is 0 Å². The Hall–Kier alpha value is -1.02. The molecular formula is C11H12ClN3O2S2. The first-order valence-electron chi connectivity index (χ1n) is 5.45. The summed E-state index contributed by atoms with van der Waals surface area (Å²) in [4.78, 5) is 9.42. The predicted molar refractivity (Wildman–Crippen MR) is 74.8 cm³/mol. The van der Waals surface area contributed by atoms with Gasteiger partial charge in [0.15, 0.2) is 0 Å². The molecule has 2 aromatic heterocycles. The maximum absolute atomic E-state index is 12.1. The summed E-state index contributed by atoms with van der Waals surface area (Å²) in [6.07, 6.45) is 2.37. The van der Waals surface area contributed by atoms with Gasteiger partial charge in [0, 0.05) is 9.75 Å². The number of sulfonamides is 1. The summed E-state index contributed by atoms with van der Waals surface area (Å²) in [7, 11) is -3.64. The molecule has 0 aliphatic heterocycles. The topological polar surface area (TPSA) is 72.0 Å². The monoisotopic (exact) mass is 317 g/mol. The average Bonchev–Trinajstić information content (AvgIpc) is 2.76. The molecule has 0 bridgehead atoms. The van der Waals surface area contributed by atoms with Gasteiger partial charge in [-0.25, -0.2) is 23.1 Å². The van der Waals surface area contributed by atoms with Crippen molar-refractivity contribution >= 4 is 33.0 Å². The van der Waals surface area contributed by atoms with Gasteiger partial charge in [0.2, 0.25) is 15.3 Å². The molecule has 1 atom stereocenters. The molecule has 0 saturated heterocycles. The molecule has 2 aromatic rings. The normalized spacial score (nSPS) is 13.4. The lowest BCUT2D eigenvalue weighted by atomic mass is 10.3. The Balaban J connectivity index is 2.19. The van der Waals surface area contributed by atoms with Crippen molar-refractivity contribution in [2.24, 2.45) is 0 Å². The molecule has 2 heterocycles. The van der Waals surface area contributed by atoms with Crippen LogP contribution in [0.2, 0.25) is 5.28 Å². The lowest BCUT2D eigenvalue weighted by Crippen LogP contribution is -2.26. The molecule has 0 amide bonds. The van der Waals surface area contributed by atoms with Crippen LogP contribution in [0.4, 0.5) is 0 Å². The number of hydrogen-bond donors (Lipinski definition) is 1. The first kappa shape index (κ1) is 14.4. The van der Waals surface area contributed by atoms with Gasteiger partial charge in [0.1, 0.15) is 4.90 Å². The van der Waals surface area contributed by atoms with Crippen molar-refractivity contribution < 1.29 is 8.42 Å². The van der Waals surface area contributed by atoms with Gasteiger partial charge in [-0.1, -0.05) is 0 Å². The smallest absolute Gasteiger partial charge is 0.225 e. The van der Waals surface area contributed by atoms with E-state index in [1.165, 1.54) is 12.4 Å². The second kappa shape index (κ2) is 5.54. The number of halogens is 1. The Morgan fingerprint density at radius 2 is 1.95 bits per heavy atom. The molecule has 0 fully saturated rings. The number of rotatable bonds is 4. The van der Waals surface area contributed by atoms with Crippen LogP contribution in [0.15, 0.2) is 29.4 Å². The zero-order chi connectivity index (χ0) is 14.0. The van der Waals surface area contributed by atoms with E-state index in [-0.39, 0.29) is 16.2 Å². The summed E-state index contributed by atoms with van der Waals surface area (Å²) in [5, 5.41) is 0.0147. The highest BCUT2D eigenvalue weighted by Crippen LogP contribution is 2.23. The molecule has 1 N–H and O–H groups in total. The van der Waals surface area contributed by atoms with Crippen molar-refractivity contribution in [2.75, 3.05) is 0 Å². The number of nitrogens with zero attached hydrogens (tertiary/aromatic N) is 2. The highest BCUT2D eigenvalue weighted by molar-refractivity contribution is 7.89. The van der Waals surface area contributed by atoms with E-state index in [4.69, 9.17) is 11.6 Å². The largest absolute Gasteiger partial charge is 0.244 e. The summed E-state index contributed by atoms with van der Waals surface area (Å²) >= 11 is 7.09. The fraction of sp³-hybridized carbons (Fsp3) is 0.273. The van der Waals surface area contributed by atoms with E-state index < -0.39 is 10.0 Å².